The van der Waals surface area contributed by atoms with Crippen LogP contribution in [0.1, 0.15) is 43.5 Å². The second kappa shape index (κ2) is 9.34. The third-order valence-electron chi connectivity index (χ3n) is 6.35. The van der Waals surface area contributed by atoms with Crippen LogP contribution < -0.4 is 4.90 Å². The number of aromatic nitrogens is 4. The van der Waals surface area contributed by atoms with Crippen molar-refractivity contribution in [1.29, 1.82) is 0 Å². The molecule has 4 rings (SSSR count). The number of sulfone groups is 1. The van der Waals surface area contributed by atoms with E-state index in [0.717, 1.165) is 53.9 Å². The van der Waals surface area contributed by atoms with Crippen molar-refractivity contribution in [2.75, 3.05) is 23.5 Å². The predicted octanol–water partition coefficient (Wildman–Crippen LogP) is 3.70. The average Bonchev–Trinajstić information content (AvgIpc) is 3.22. The molecule has 1 fully saturated rings. The number of nitrogens with zero attached hydrogens (tertiary/aromatic N) is 4. The monoisotopic (exact) mass is 441 g/mol. The third kappa shape index (κ3) is 5.42. The molecule has 3 heterocycles. The highest BCUT2D eigenvalue weighted by molar-refractivity contribution is 7.91. The van der Waals surface area contributed by atoms with Crippen molar-refractivity contribution in [3.63, 3.8) is 0 Å². The number of aryl methyl sites for hydroxylation is 2. The molecule has 0 radical (unpaired) electrons. The minimum absolute atomic E-state index is 0.245. The quantitative estimate of drug-likeness (QED) is 0.573. The molecule has 0 atom stereocenters. The van der Waals surface area contributed by atoms with Crippen molar-refractivity contribution in [3.05, 3.63) is 48.2 Å². The summed E-state index contributed by atoms with van der Waals surface area (Å²) in [7, 11) is -0.960. The highest BCUT2D eigenvalue weighted by atomic mass is 32.2. The first-order valence-corrected chi connectivity index (χ1v) is 12.9. The van der Waals surface area contributed by atoms with E-state index < -0.39 is 9.84 Å². The van der Waals surface area contributed by atoms with Gasteiger partial charge >= 0.3 is 0 Å². The summed E-state index contributed by atoms with van der Waals surface area (Å²) < 4.78 is 25.3. The van der Waals surface area contributed by atoms with Crippen LogP contribution in [0.3, 0.4) is 0 Å². The van der Waals surface area contributed by atoms with E-state index in [0.29, 0.717) is 24.6 Å². The Labute approximate surface area is 184 Å². The molecule has 0 bridgehead atoms. The summed E-state index contributed by atoms with van der Waals surface area (Å²) >= 11 is 0. The fraction of sp³-hybridized carbons (Fsp3) is 0.522. The number of rotatable bonds is 8. The number of hydrogen-bond donors (Lipinski definition) is 1. The molecular formula is C23H31N5O2S. The van der Waals surface area contributed by atoms with Crippen molar-refractivity contribution >= 4 is 26.7 Å². The molecule has 0 aromatic carbocycles. The highest BCUT2D eigenvalue weighted by Crippen LogP contribution is 2.32. The molecule has 8 heteroatoms. The maximum atomic E-state index is 12.7. The van der Waals surface area contributed by atoms with E-state index in [-0.39, 0.29) is 11.7 Å². The van der Waals surface area contributed by atoms with Gasteiger partial charge in [0.1, 0.15) is 17.8 Å². The lowest BCUT2D eigenvalue weighted by Gasteiger charge is -2.35. The van der Waals surface area contributed by atoms with Crippen molar-refractivity contribution in [2.24, 2.45) is 5.92 Å². The normalized spacial score (nSPS) is 19.5. The second-order valence-corrected chi connectivity index (χ2v) is 10.9. The third-order valence-corrected chi connectivity index (χ3v) is 8.24. The average molecular weight is 442 g/mol. The SMILES string of the molecule is Cc1cccc(CCCS(=O)(=O)CC2CCC(N(C)c3ncnc4[nH]ccc34)CC2)n1. The molecule has 0 aliphatic heterocycles. The van der Waals surface area contributed by atoms with Gasteiger partial charge in [0.25, 0.3) is 0 Å². The molecule has 0 unspecified atom stereocenters. The lowest BCUT2D eigenvalue weighted by Crippen LogP contribution is -2.37. The van der Waals surface area contributed by atoms with Crippen LogP contribution in [0.4, 0.5) is 5.82 Å². The Morgan fingerprint density at radius 3 is 2.71 bits per heavy atom. The first-order chi connectivity index (χ1) is 14.9. The summed E-state index contributed by atoms with van der Waals surface area (Å²) in [6, 6.07) is 8.28. The number of anilines is 1. The first kappa shape index (κ1) is 21.7. The fourth-order valence-electron chi connectivity index (χ4n) is 4.67. The molecule has 1 aliphatic carbocycles. The van der Waals surface area contributed by atoms with E-state index in [4.69, 9.17) is 0 Å². The van der Waals surface area contributed by atoms with E-state index in [1.807, 2.05) is 37.4 Å². The van der Waals surface area contributed by atoms with Crippen LogP contribution >= 0.6 is 0 Å². The van der Waals surface area contributed by atoms with Crippen LogP contribution in [-0.4, -0.2) is 52.9 Å². The lowest BCUT2D eigenvalue weighted by atomic mass is 9.86. The Bertz CT molecular complexity index is 1120. The van der Waals surface area contributed by atoms with Crippen LogP contribution in [-0.2, 0) is 16.3 Å². The van der Waals surface area contributed by atoms with Gasteiger partial charge in [-0.15, -0.1) is 0 Å². The maximum Gasteiger partial charge on any atom is 0.150 e. The predicted molar refractivity (Wildman–Crippen MR) is 124 cm³/mol. The van der Waals surface area contributed by atoms with E-state index in [9.17, 15) is 8.42 Å². The Morgan fingerprint density at radius 1 is 1.13 bits per heavy atom. The number of hydrogen-bond acceptors (Lipinski definition) is 6. The second-order valence-electron chi connectivity index (χ2n) is 8.71. The van der Waals surface area contributed by atoms with Gasteiger partial charge in [-0.3, -0.25) is 4.98 Å². The molecule has 3 aromatic rings. The molecule has 1 N–H and O–H groups in total. The van der Waals surface area contributed by atoms with Gasteiger partial charge < -0.3 is 9.88 Å². The van der Waals surface area contributed by atoms with Crippen molar-refractivity contribution in [2.45, 2.75) is 51.5 Å². The van der Waals surface area contributed by atoms with Crippen molar-refractivity contribution in [1.82, 2.24) is 19.9 Å². The van der Waals surface area contributed by atoms with Crippen LogP contribution in [0.25, 0.3) is 11.0 Å². The Kier molecular flexibility index (Phi) is 6.55. The largest absolute Gasteiger partial charge is 0.356 e. The Morgan fingerprint density at radius 2 is 1.94 bits per heavy atom. The van der Waals surface area contributed by atoms with Gasteiger partial charge in [-0.1, -0.05) is 6.07 Å². The number of H-pyrrole nitrogens is 1. The summed E-state index contributed by atoms with van der Waals surface area (Å²) in [5.74, 6) is 1.74. The van der Waals surface area contributed by atoms with E-state index in [2.05, 4.69) is 31.9 Å². The van der Waals surface area contributed by atoms with Crippen LogP contribution in [0.2, 0.25) is 0 Å². The van der Waals surface area contributed by atoms with Crippen LogP contribution in [0, 0.1) is 12.8 Å². The zero-order valence-electron chi connectivity index (χ0n) is 18.3. The van der Waals surface area contributed by atoms with Gasteiger partial charge in [-0.25, -0.2) is 18.4 Å². The zero-order valence-corrected chi connectivity index (χ0v) is 19.1. The zero-order chi connectivity index (χ0) is 21.8. The van der Waals surface area contributed by atoms with Crippen molar-refractivity contribution < 1.29 is 8.42 Å². The molecule has 31 heavy (non-hydrogen) atoms. The van der Waals surface area contributed by atoms with E-state index in [1.54, 1.807) is 6.33 Å². The topological polar surface area (TPSA) is 91.8 Å². The van der Waals surface area contributed by atoms with Gasteiger partial charge in [-0.05, 0) is 69.6 Å². The van der Waals surface area contributed by atoms with Crippen molar-refractivity contribution in [3.8, 4) is 0 Å². The molecule has 0 amide bonds. The van der Waals surface area contributed by atoms with Crippen LogP contribution in [0.15, 0.2) is 36.8 Å². The lowest BCUT2D eigenvalue weighted by molar-refractivity contribution is 0.340. The van der Waals surface area contributed by atoms with Crippen LogP contribution in [0.5, 0.6) is 0 Å². The van der Waals surface area contributed by atoms with Gasteiger partial charge in [0.2, 0.25) is 0 Å². The molecule has 166 valence electrons. The molecular weight excluding hydrogens is 410 g/mol. The summed E-state index contributed by atoms with van der Waals surface area (Å²) in [5, 5.41) is 1.03. The minimum Gasteiger partial charge on any atom is -0.356 e. The Hall–Kier alpha value is -2.48. The summed E-state index contributed by atoms with van der Waals surface area (Å²) in [6.07, 6.45) is 8.68. The number of pyridine rings is 1. The molecule has 7 nitrogen and oxygen atoms in total. The smallest absolute Gasteiger partial charge is 0.150 e. The molecule has 0 spiro atoms. The summed E-state index contributed by atoms with van der Waals surface area (Å²) in [4.78, 5) is 18.6. The highest BCUT2D eigenvalue weighted by Gasteiger charge is 2.28. The minimum atomic E-state index is -3.04. The number of fused-ring (bicyclic) bond motifs is 1. The number of nitrogens with one attached hydrogen (secondary N) is 1. The van der Waals surface area contributed by atoms with Gasteiger partial charge in [0, 0.05) is 30.7 Å². The van der Waals surface area contributed by atoms with Gasteiger partial charge in [-0.2, -0.15) is 0 Å². The fourth-order valence-corrected chi connectivity index (χ4v) is 6.47. The number of aromatic amines is 1. The molecule has 1 saturated carbocycles. The standard InChI is InChI=1S/C23H31N5O2S/c1-17-5-3-6-19(27-17)7-4-14-31(29,30)15-18-8-10-20(11-9-18)28(2)23-21-12-13-24-22(21)25-16-26-23/h3,5-6,12-13,16,18,20H,4,7-11,14-15H2,1-2H3,(H,24,25,26). The van der Waals surface area contributed by atoms with E-state index >= 15 is 0 Å². The summed E-state index contributed by atoms with van der Waals surface area (Å²) in [6.45, 7) is 1.96. The first-order valence-electron chi connectivity index (χ1n) is 11.1. The van der Waals surface area contributed by atoms with Gasteiger partial charge in [0.15, 0.2) is 9.84 Å². The molecule has 1 aliphatic rings. The Balaban J connectivity index is 1.27. The molecule has 3 aromatic heterocycles. The van der Waals surface area contributed by atoms with Gasteiger partial charge in [0.05, 0.1) is 16.9 Å². The maximum absolute atomic E-state index is 12.7. The molecule has 0 saturated heterocycles. The summed E-state index contributed by atoms with van der Waals surface area (Å²) in [5.41, 5.74) is 2.79. The van der Waals surface area contributed by atoms with E-state index in [1.165, 1.54) is 0 Å².